The third kappa shape index (κ3) is 2.39. The number of rotatable bonds is 2. The first-order valence-electron chi connectivity index (χ1n) is 5.43. The van der Waals surface area contributed by atoms with Gasteiger partial charge in [0.25, 0.3) is 0 Å². The first-order chi connectivity index (χ1) is 7.72. The number of methoxy groups -OCH3 is 1. The van der Waals surface area contributed by atoms with Gasteiger partial charge in [-0.05, 0) is 31.0 Å². The monoisotopic (exact) mass is 285 g/mol. The summed E-state index contributed by atoms with van der Waals surface area (Å²) in [6.45, 7) is 0.780. The van der Waals surface area contributed by atoms with E-state index in [4.69, 9.17) is 15.2 Å². The van der Waals surface area contributed by atoms with E-state index in [-0.39, 0.29) is 12.1 Å². The fourth-order valence-corrected chi connectivity index (χ4v) is 2.46. The van der Waals surface area contributed by atoms with Gasteiger partial charge in [0.15, 0.2) is 0 Å². The molecule has 0 spiro atoms. The minimum Gasteiger partial charge on any atom is -0.497 e. The SMILES string of the molecule is COc1ccc(Br)c(C2OCCCC2N)c1. The maximum absolute atomic E-state index is 6.08. The molecule has 0 bridgehead atoms. The Kier molecular flexibility index (Phi) is 3.84. The molecule has 1 heterocycles. The summed E-state index contributed by atoms with van der Waals surface area (Å²) in [6.07, 6.45) is 2.02. The highest BCUT2D eigenvalue weighted by Crippen LogP contribution is 2.34. The molecule has 0 saturated carbocycles. The van der Waals surface area contributed by atoms with Crippen molar-refractivity contribution in [2.24, 2.45) is 5.73 Å². The van der Waals surface area contributed by atoms with Crippen LogP contribution in [-0.2, 0) is 4.74 Å². The molecule has 4 heteroatoms. The second-order valence-electron chi connectivity index (χ2n) is 3.98. The van der Waals surface area contributed by atoms with E-state index in [2.05, 4.69) is 15.9 Å². The Morgan fingerprint density at radius 1 is 1.50 bits per heavy atom. The Hall–Kier alpha value is -0.580. The average Bonchev–Trinajstić information content (AvgIpc) is 2.31. The van der Waals surface area contributed by atoms with E-state index < -0.39 is 0 Å². The van der Waals surface area contributed by atoms with Gasteiger partial charge in [0, 0.05) is 22.7 Å². The van der Waals surface area contributed by atoms with Gasteiger partial charge < -0.3 is 15.2 Å². The number of halogens is 1. The van der Waals surface area contributed by atoms with Crippen molar-refractivity contribution in [1.29, 1.82) is 0 Å². The molecule has 1 aromatic carbocycles. The van der Waals surface area contributed by atoms with Gasteiger partial charge in [-0.15, -0.1) is 0 Å². The smallest absolute Gasteiger partial charge is 0.119 e. The van der Waals surface area contributed by atoms with Crippen molar-refractivity contribution < 1.29 is 9.47 Å². The molecule has 1 fully saturated rings. The van der Waals surface area contributed by atoms with Crippen molar-refractivity contribution in [1.82, 2.24) is 0 Å². The summed E-state index contributed by atoms with van der Waals surface area (Å²) in [4.78, 5) is 0. The van der Waals surface area contributed by atoms with Gasteiger partial charge in [-0.25, -0.2) is 0 Å². The minimum absolute atomic E-state index is 0.0294. The van der Waals surface area contributed by atoms with Crippen molar-refractivity contribution >= 4 is 15.9 Å². The lowest BCUT2D eigenvalue weighted by molar-refractivity contribution is -0.000379. The largest absolute Gasteiger partial charge is 0.497 e. The number of benzene rings is 1. The number of hydrogen-bond acceptors (Lipinski definition) is 3. The predicted octanol–water partition coefficient (Wildman–Crippen LogP) is 2.64. The van der Waals surface area contributed by atoms with Gasteiger partial charge in [-0.2, -0.15) is 0 Å². The van der Waals surface area contributed by atoms with Crippen LogP contribution < -0.4 is 10.5 Å². The highest BCUT2D eigenvalue weighted by atomic mass is 79.9. The third-order valence-corrected chi connectivity index (χ3v) is 3.60. The first kappa shape index (κ1) is 11.9. The quantitative estimate of drug-likeness (QED) is 0.909. The lowest BCUT2D eigenvalue weighted by Crippen LogP contribution is -2.34. The molecule has 2 rings (SSSR count). The predicted molar refractivity (Wildman–Crippen MR) is 66.6 cm³/mol. The number of nitrogens with two attached hydrogens (primary N) is 1. The van der Waals surface area contributed by atoms with Crippen LogP contribution in [-0.4, -0.2) is 19.8 Å². The molecule has 0 aromatic heterocycles. The third-order valence-electron chi connectivity index (χ3n) is 2.88. The zero-order valence-electron chi connectivity index (χ0n) is 9.28. The zero-order chi connectivity index (χ0) is 11.5. The standard InChI is InChI=1S/C12H16BrNO2/c1-15-8-4-5-10(13)9(7-8)12-11(14)3-2-6-16-12/h4-5,7,11-12H,2-3,6,14H2,1H3. The maximum Gasteiger partial charge on any atom is 0.119 e. The summed E-state index contributed by atoms with van der Waals surface area (Å²) in [7, 11) is 1.66. The van der Waals surface area contributed by atoms with E-state index in [1.54, 1.807) is 7.11 Å². The molecular weight excluding hydrogens is 270 g/mol. The molecule has 0 radical (unpaired) electrons. The number of hydrogen-bond donors (Lipinski definition) is 1. The van der Waals surface area contributed by atoms with Crippen LogP contribution in [0.25, 0.3) is 0 Å². The van der Waals surface area contributed by atoms with Crippen LogP contribution in [0, 0.1) is 0 Å². The van der Waals surface area contributed by atoms with Gasteiger partial charge in [-0.1, -0.05) is 15.9 Å². The molecular formula is C12H16BrNO2. The van der Waals surface area contributed by atoms with Gasteiger partial charge in [0.05, 0.1) is 13.2 Å². The van der Waals surface area contributed by atoms with Crippen molar-refractivity contribution in [3.63, 3.8) is 0 Å². The molecule has 2 N–H and O–H groups in total. The van der Waals surface area contributed by atoms with Crippen LogP contribution in [0.15, 0.2) is 22.7 Å². The summed E-state index contributed by atoms with van der Waals surface area (Å²) in [6, 6.07) is 5.94. The molecule has 1 saturated heterocycles. The Morgan fingerprint density at radius 2 is 2.31 bits per heavy atom. The van der Waals surface area contributed by atoms with E-state index in [0.717, 1.165) is 35.2 Å². The molecule has 1 aliphatic heterocycles. The van der Waals surface area contributed by atoms with E-state index >= 15 is 0 Å². The van der Waals surface area contributed by atoms with Crippen LogP contribution >= 0.6 is 15.9 Å². The van der Waals surface area contributed by atoms with Crippen LogP contribution in [0.5, 0.6) is 5.75 Å². The molecule has 88 valence electrons. The van der Waals surface area contributed by atoms with Gasteiger partial charge in [0.2, 0.25) is 0 Å². The van der Waals surface area contributed by atoms with E-state index in [0.29, 0.717) is 0 Å². The summed E-state index contributed by atoms with van der Waals surface area (Å²) in [5.41, 5.74) is 7.16. The maximum atomic E-state index is 6.08. The summed E-state index contributed by atoms with van der Waals surface area (Å²) in [5.74, 6) is 0.833. The summed E-state index contributed by atoms with van der Waals surface area (Å²) in [5, 5.41) is 0. The van der Waals surface area contributed by atoms with Gasteiger partial charge in [-0.3, -0.25) is 0 Å². The van der Waals surface area contributed by atoms with Crippen molar-refractivity contribution in [3.8, 4) is 5.75 Å². The molecule has 1 aromatic rings. The highest BCUT2D eigenvalue weighted by molar-refractivity contribution is 9.10. The van der Waals surface area contributed by atoms with E-state index in [9.17, 15) is 0 Å². The van der Waals surface area contributed by atoms with Crippen LogP contribution in [0.4, 0.5) is 0 Å². The first-order valence-corrected chi connectivity index (χ1v) is 6.22. The van der Waals surface area contributed by atoms with Crippen LogP contribution in [0.2, 0.25) is 0 Å². The van der Waals surface area contributed by atoms with Crippen molar-refractivity contribution in [3.05, 3.63) is 28.2 Å². The minimum atomic E-state index is -0.0294. The second kappa shape index (κ2) is 5.17. The summed E-state index contributed by atoms with van der Waals surface area (Å²) < 4.78 is 12.0. The fourth-order valence-electron chi connectivity index (χ4n) is 1.99. The van der Waals surface area contributed by atoms with Crippen molar-refractivity contribution in [2.75, 3.05) is 13.7 Å². The Morgan fingerprint density at radius 3 is 3.00 bits per heavy atom. The topological polar surface area (TPSA) is 44.5 Å². The molecule has 0 aliphatic carbocycles. The molecule has 2 unspecified atom stereocenters. The lowest BCUT2D eigenvalue weighted by atomic mass is 9.97. The molecule has 1 aliphatic rings. The molecule has 16 heavy (non-hydrogen) atoms. The average molecular weight is 286 g/mol. The Balaban J connectivity index is 2.30. The second-order valence-corrected chi connectivity index (χ2v) is 4.84. The van der Waals surface area contributed by atoms with Crippen LogP contribution in [0.1, 0.15) is 24.5 Å². The molecule has 0 amide bonds. The highest BCUT2D eigenvalue weighted by Gasteiger charge is 2.26. The Bertz CT molecular complexity index is 370. The van der Waals surface area contributed by atoms with Crippen molar-refractivity contribution in [2.45, 2.75) is 25.0 Å². The van der Waals surface area contributed by atoms with E-state index in [1.165, 1.54) is 0 Å². The Labute approximate surface area is 104 Å². The van der Waals surface area contributed by atoms with Gasteiger partial charge >= 0.3 is 0 Å². The zero-order valence-corrected chi connectivity index (χ0v) is 10.9. The summed E-state index contributed by atoms with van der Waals surface area (Å²) >= 11 is 3.53. The van der Waals surface area contributed by atoms with Gasteiger partial charge in [0.1, 0.15) is 5.75 Å². The molecule has 2 atom stereocenters. The van der Waals surface area contributed by atoms with Crippen LogP contribution in [0.3, 0.4) is 0 Å². The number of ether oxygens (including phenoxy) is 2. The molecule has 3 nitrogen and oxygen atoms in total. The fraction of sp³-hybridized carbons (Fsp3) is 0.500. The normalized spacial score (nSPS) is 25.4. The van der Waals surface area contributed by atoms with E-state index in [1.807, 2.05) is 18.2 Å². The lowest BCUT2D eigenvalue weighted by Gasteiger charge is -2.30.